The molecule has 1 unspecified atom stereocenters. The first-order chi connectivity index (χ1) is 15.6. The number of pyridine rings is 2. The van der Waals surface area contributed by atoms with Crippen molar-refractivity contribution >= 4 is 29.0 Å². The molecule has 33 heavy (non-hydrogen) atoms. The standard InChI is InChI=1S/C21H18F3N5O3S/c1-11-5-13(6-27-19(11)32-9-21(22,23)24)12(2)29-8-15-14(20(29)31)3-4-26-17(15)28-18(30)16-7-25-10-33-16/h3-7,10,12H,8-9H2,1-2H3,(H,26,28,30). The first-order valence-electron chi connectivity index (χ1n) is 9.79. The molecule has 0 fully saturated rings. The van der Waals surface area contributed by atoms with Crippen molar-refractivity contribution < 1.29 is 27.5 Å². The van der Waals surface area contributed by atoms with E-state index < -0.39 is 18.8 Å². The maximum absolute atomic E-state index is 13.1. The van der Waals surface area contributed by atoms with Gasteiger partial charge in [0.2, 0.25) is 5.88 Å². The Bertz CT molecular complexity index is 1200. The number of nitrogens with zero attached hydrogens (tertiary/aromatic N) is 4. The molecule has 1 aliphatic heterocycles. The van der Waals surface area contributed by atoms with E-state index in [1.165, 1.54) is 29.9 Å². The number of hydrogen-bond acceptors (Lipinski definition) is 7. The number of ether oxygens (including phenoxy) is 1. The highest BCUT2D eigenvalue weighted by molar-refractivity contribution is 7.11. The van der Waals surface area contributed by atoms with E-state index in [0.29, 0.717) is 32.9 Å². The van der Waals surface area contributed by atoms with Crippen LogP contribution < -0.4 is 10.1 Å². The molecule has 1 aliphatic rings. The molecule has 4 heterocycles. The fourth-order valence-corrected chi connectivity index (χ4v) is 3.98. The van der Waals surface area contributed by atoms with Gasteiger partial charge in [0.15, 0.2) is 6.61 Å². The van der Waals surface area contributed by atoms with Crippen LogP contribution in [0.2, 0.25) is 0 Å². The molecule has 0 bridgehead atoms. The minimum Gasteiger partial charge on any atom is -0.468 e. The number of fused-ring (bicyclic) bond motifs is 1. The minimum atomic E-state index is -4.46. The van der Waals surface area contributed by atoms with Gasteiger partial charge >= 0.3 is 6.18 Å². The van der Waals surface area contributed by atoms with Crippen molar-refractivity contribution in [2.45, 2.75) is 32.6 Å². The van der Waals surface area contributed by atoms with Gasteiger partial charge in [-0.3, -0.25) is 14.6 Å². The molecule has 8 nitrogen and oxygen atoms in total. The van der Waals surface area contributed by atoms with Crippen LogP contribution in [0.5, 0.6) is 5.88 Å². The summed E-state index contributed by atoms with van der Waals surface area (Å²) in [5.74, 6) is -0.439. The number of alkyl halides is 3. The molecule has 2 amide bonds. The van der Waals surface area contributed by atoms with E-state index >= 15 is 0 Å². The van der Waals surface area contributed by atoms with Crippen LogP contribution >= 0.6 is 11.3 Å². The third-order valence-electron chi connectivity index (χ3n) is 5.14. The zero-order valence-electron chi connectivity index (χ0n) is 17.5. The van der Waals surface area contributed by atoms with E-state index in [1.807, 2.05) is 0 Å². The van der Waals surface area contributed by atoms with E-state index in [-0.39, 0.29) is 24.2 Å². The second-order valence-corrected chi connectivity index (χ2v) is 8.30. The van der Waals surface area contributed by atoms with Crippen LogP contribution in [-0.2, 0) is 6.54 Å². The number of rotatable bonds is 6. The van der Waals surface area contributed by atoms with Crippen molar-refractivity contribution in [3.05, 3.63) is 63.4 Å². The Morgan fingerprint density at radius 1 is 1.33 bits per heavy atom. The Kier molecular flexibility index (Phi) is 6.02. The second kappa shape index (κ2) is 8.77. The molecular weight excluding hydrogens is 459 g/mol. The maximum Gasteiger partial charge on any atom is 0.422 e. The smallest absolute Gasteiger partial charge is 0.422 e. The van der Waals surface area contributed by atoms with Gasteiger partial charge in [-0.25, -0.2) is 9.97 Å². The Labute approximate surface area is 190 Å². The third kappa shape index (κ3) is 4.80. The molecule has 3 aromatic heterocycles. The van der Waals surface area contributed by atoms with E-state index in [1.54, 1.807) is 36.4 Å². The number of nitrogens with one attached hydrogen (secondary N) is 1. The van der Waals surface area contributed by atoms with Crippen LogP contribution in [0.3, 0.4) is 0 Å². The lowest BCUT2D eigenvalue weighted by Gasteiger charge is -2.25. The summed E-state index contributed by atoms with van der Waals surface area (Å²) in [7, 11) is 0. The van der Waals surface area contributed by atoms with Crippen LogP contribution in [0.15, 0.2) is 36.2 Å². The summed E-state index contributed by atoms with van der Waals surface area (Å²) >= 11 is 1.19. The second-order valence-electron chi connectivity index (χ2n) is 7.41. The summed E-state index contributed by atoms with van der Waals surface area (Å²) in [6, 6.07) is 2.80. The van der Waals surface area contributed by atoms with Crippen molar-refractivity contribution in [2.24, 2.45) is 0 Å². The zero-order valence-corrected chi connectivity index (χ0v) is 18.3. The van der Waals surface area contributed by atoms with Gasteiger partial charge in [-0.05, 0) is 31.5 Å². The number of thiazole rings is 1. The molecule has 0 saturated heterocycles. The average Bonchev–Trinajstić information content (AvgIpc) is 3.41. The Morgan fingerprint density at radius 2 is 2.12 bits per heavy atom. The van der Waals surface area contributed by atoms with Crippen LogP contribution in [-0.4, -0.2) is 44.4 Å². The van der Waals surface area contributed by atoms with Gasteiger partial charge in [-0.15, -0.1) is 11.3 Å². The van der Waals surface area contributed by atoms with Gasteiger partial charge < -0.3 is 15.0 Å². The van der Waals surface area contributed by atoms with Crippen LogP contribution in [0.1, 0.15) is 49.7 Å². The summed E-state index contributed by atoms with van der Waals surface area (Å²) in [4.78, 5) is 39.6. The van der Waals surface area contributed by atoms with Crippen molar-refractivity contribution in [3.8, 4) is 5.88 Å². The lowest BCUT2D eigenvalue weighted by molar-refractivity contribution is -0.154. The average molecular weight is 477 g/mol. The zero-order chi connectivity index (χ0) is 23.8. The van der Waals surface area contributed by atoms with E-state index in [4.69, 9.17) is 4.74 Å². The van der Waals surface area contributed by atoms with Crippen molar-refractivity contribution in [1.29, 1.82) is 0 Å². The van der Waals surface area contributed by atoms with Crippen LogP contribution in [0.25, 0.3) is 0 Å². The molecule has 0 saturated carbocycles. The van der Waals surface area contributed by atoms with E-state index in [0.717, 1.165) is 0 Å². The highest BCUT2D eigenvalue weighted by atomic mass is 32.1. The Balaban J connectivity index is 1.52. The summed E-state index contributed by atoms with van der Waals surface area (Å²) < 4.78 is 42.0. The highest BCUT2D eigenvalue weighted by Crippen LogP contribution is 2.35. The van der Waals surface area contributed by atoms with Gasteiger partial charge in [0.05, 0.1) is 24.3 Å². The fraction of sp³-hybridized carbons (Fsp3) is 0.286. The normalized spacial score (nSPS) is 14.2. The SMILES string of the molecule is Cc1cc(C(C)N2Cc3c(ccnc3NC(=O)c3cncs3)C2=O)cnc1OCC(F)(F)F. The summed E-state index contributed by atoms with van der Waals surface area (Å²) in [5, 5.41) is 2.73. The van der Waals surface area contributed by atoms with E-state index in [9.17, 15) is 22.8 Å². The van der Waals surface area contributed by atoms with Crippen molar-refractivity contribution in [1.82, 2.24) is 19.9 Å². The van der Waals surface area contributed by atoms with Gasteiger partial charge in [0, 0.05) is 29.1 Å². The first kappa shape index (κ1) is 22.6. The summed E-state index contributed by atoms with van der Waals surface area (Å²) in [5.41, 5.74) is 3.61. The van der Waals surface area contributed by atoms with Crippen molar-refractivity contribution in [2.75, 3.05) is 11.9 Å². The molecule has 1 N–H and O–H groups in total. The molecule has 0 aliphatic carbocycles. The van der Waals surface area contributed by atoms with E-state index in [2.05, 4.69) is 20.3 Å². The monoisotopic (exact) mass is 477 g/mol. The molecular formula is C21H18F3N5O3S. The maximum atomic E-state index is 13.1. The number of aromatic nitrogens is 3. The quantitative estimate of drug-likeness (QED) is 0.573. The van der Waals surface area contributed by atoms with Gasteiger partial charge in [0.1, 0.15) is 10.7 Å². The van der Waals surface area contributed by atoms with Crippen LogP contribution in [0.4, 0.5) is 19.0 Å². The minimum absolute atomic E-state index is 0.114. The number of amides is 2. The number of aryl methyl sites for hydroxylation is 1. The summed E-state index contributed by atoms with van der Waals surface area (Å²) in [6.07, 6.45) is -0.175. The molecule has 172 valence electrons. The Morgan fingerprint density at radius 3 is 2.79 bits per heavy atom. The number of carbonyl (C=O) groups is 2. The molecule has 0 aromatic carbocycles. The van der Waals surface area contributed by atoms with Gasteiger partial charge in [-0.2, -0.15) is 13.2 Å². The number of carbonyl (C=O) groups excluding carboxylic acids is 2. The lowest BCUT2D eigenvalue weighted by Crippen LogP contribution is -2.27. The van der Waals surface area contributed by atoms with Crippen LogP contribution in [0, 0.1) is 6.92 Å². The van der Waals surface area contributed by atoms with Gasteiger partial charge in [-0.1, -0.05) is 0 Å². The molecule has 0 radical (unpaired) electrons. The highest BCUT2D eigenvalue weighted by Gasteiger charge is 2.34. The fourth-order valence-electron chi connectivity index (χ4n) is 3.46. The lowest BCUT2D eigenvalue weighted by atomic mass is 10.1. The largest absolute Gasteiger partial charge is 0.468 e. The molecule has 4 rings (SSSR count). The molecule has 0 spiro atoms. The molecule has 3 aromatic rings. The van der Waals surface area contributed by atoms with Crippen molar-refractivity contribution in [3.63, 3.8) is 0 Å². The predicted molar refractivity (Wildman–Crippen MR) is 113 cm³/mol. The summed E-state index contributed by atoms with van der Waals surface area (Å²) in [6.45, 7) is 2.15. The number of anilines is 1. The molecule has 1 atom stereocenters. The number of hydrogen-bond donors (Lipinski definition) is 1. The predicted octanol–water partition coefficient (Wildman–Crippen LogP) is 4.15. The topological polar surface area (TPSA) is 97.3 Å². The third-order valence-corrected chi connectivity index (χ3v) is 5.91. The van der Waals surface area contributed by atoms with Gasteiger partial charge in [0.25, 0.3) is 11.8 Å². The number of halogens is 3. The first-order valence-corrected chi connectivity index (χ1v) is 10.7. The molecule has 12 heteroatoms. The Hall–Kier alpha value is -3.54.